The molecule has 0 aromatic heterocycles. The number of esters is 1. The molecular weight excluding hydrogens is 719 g/mol. The van der Waals surface area contributed by atoms with E-state index >= 15 is 0 Å². The number of carboxylic acid groups (broad SMARTS) is 1. The maximum absolute atomic E-state index is 14.0. The topological polar surface area (TPSA) is 132 Å². The van der Waals surface area contributed by atoms with Crippen LogP contribution in [0.3, 0.4) is 0 Å². The average molecular weight is 799 g/mol. The number of rotatable bonds is 37. The minimum atomic E-state index is -3.53. The van der Waals surface area contributed by atoms with Gasteiger partial charge in [0.25, 0.3) is 0 Å². The fraction of sp³-hybridized carbons (Fsp3) is 0.810. The summed E-state index contributed by atoms with van der Waals surface area (Å²) in [5.41, 5.74) is 0.916. The monoisotopic (exact) mass is 799 g/mol. The number of likely N-dealkylation sites (N-methyl/N-ethyl adjacent to an activating group) is 3. The van der Waals surface area contributed by atoms with Crippen molar-refractivity contribution < 1.29 is 42.6 Å². The van der Waals surface area contributed by atoms with Crippen LogP contribution in [-0.4, -0.2) is 151 Å². The molecule has 0 fully saturated rings. The summed E-state index contributed by atoms with van der Waals surface area (Å²) >= 11 is 0. The van der Waals surface area contributed by atoms with Gasteiger partial charge in [0, 0.05) is 32.6 Å². The van der Waals surface area contributed by atoms with Crippen molar-refractivity contribution in [2.45, 2.75) is 109 Å². The van der Waals surface area contributed by atoms with Gasteiger partial charge in [0.2, 0.25) is 0 Å². The van der Waals surface area contributed by atoms with E-state index in [9.17, 15) is 24.4 Å². The lowest BCUT2D eigenvalue weighted by molar-refractivity contribution is -0.870. The van der Waals surface area contributed by atoms with Gasteiger partial charge >= 0.3 is 19.5 Å². The van der Waals surface area contributed by atoms with Crippen molar-refractivity contribution in [1.82, 2.24) is 14.7 Å². The Morgan fingerprint density at radius 3 is 1.65 bits per heavy atom. The molecule has 12 nitrogen and oxygen atoms in total. The number of hydrogen-bond donors (Lipinski definition) is 1. The molecule has 0 saturated heterocycles. The third-order valence-electron chi connectivity index (χ3n) is 9.67. The summed E-state index contributed by atoms with van der Waals surface area (Å²) in [6, 6.07) is 7.29. The Morgan fingerprint density at radius 2 is 1.16 bits per heavy atom. The van der Waals surface area contributed by atoms with E-state index < -0.39 is 19.5 Å². The van der Waals surface area contributed by atoms with Gasteiger partial charge in [-0.05, 0) is 45.3 Å². The fourth-order valence-electron chi connectivity index (χ4n) is 6.04. The van der Waals surface area contributed by atoms with E-state index in [0.717, 1.165) is 50.8 Å². The number of unbranched alkanes of at least 4 members (excludes halogenated alkanes) is 15. The Morgan fingerprint density at radius 1 is 0.673 bits per heavy atom. The molecule has 320 valence electrons. The van der Waals surface area contributed by atoms with Gasteiger partial charge in [0.15, 0.2) is 0 Å². The minimum absolute atomic E-state index is 0.0758. The second kappa shape index (κ2) is 31.1. The Kier molecular flexibility index (Phi) is 29.0. The molecule has 1 aromatic rings. The van der Waals surface area contributed by atoms with Crippen LogP contribution in [0, 0.1) is 0 Å². The number of nitrogens with zero attached hydrogens (tertiary/aromatic N) is 4. The number of carbonyl (C=O) groups is 2. The maximum atomic E-state index is 14.0. The summed E-state index contributed by atoms with van der Waals surface area (Å²) in [7, 11) is 8.66. The van der Waals surface area contributed by atoms with Gasteiger partial charge in [-0.3, -0.25) is 23.6 Å². The van der Waals surface area contributed by atoms with E-state index in [1.165, 1.54) is 70.6 Å². The van der Waals surface area contributed by atoms with Crippen LogP contribution in [0.1, 0.15) is 108 Å². The zero-order chi connectivity index (χ0) is 40.8. The van der Waals surface area contributed by atoms with Crippen LogP contribution in [0.5, 0.6) is 0 Å². The summed E-state index contributed by atoms with van der Waals surface area (Å²) in [6.45, 7) is 4.11. The SMILES string of the molecule is CN(C)CCN(C)CCN(CC(=O)O)CC(=O)OCCc1ccc(P(=O)(OCCCCCCCCCCCCCCCCCC[O-])OCC[N+](C)(C)C)cc1. The third-order valence-corrected chi connectivity index (χ3v) is 11.6. The molecule has 0 bridgehead atoms. The molecule has 1 rings (SSSR count). The first-order valence-electron chi connectivity index (χ1n) is 21.0. The van der Waals surface area contributed by atoms with Crippen molar-refractivity contribution in [2.24, 2.45) is 0 Å². The number of hydrogen-bond acceptors (Lipinski definition) is 10. The van der Waals surface area contributed by atoms with Gasteiger partial charge in [0.05, 0.1) is 52.8 Å². The molecule has 13 heteroatoms. The van der Waals surface area contributed by atoms with E-state index in [4.69, 9.17) is 13.8 Å². The molecule has 1 aromatic carbocycles. The Labute approximate surface area is 335 Å². The Balaban J connectivity index is 2.45. The largest absolute Gasteiger partial charge is 0.854 e. The van der Waals surface area contributed by atoms with Crippen LogP contribution in [0.4, 0.5) is 0 Å². The highest BCUT2D eigenvalue weighted by atomic mass is 31.2. The van der Waals surface area contributed by atoms with Crippen molar-refractivity contribution in [3.8, 4) is 0 Å². The molecule has 0 radical (unpaired) electrons. The van der Waals surface area contributed by atoms with Crippen LogP contribution >= 0.6 is 7.60 Å². The lowest BCUT2D eigenvalue weighted by Crippen LogP contribution is -2.41. The minimum Gasteiger partial charge on any atom is -0.854 e. The summed E-state index contributed by atoms with van der Waals surface area (Å²) < 4.78 is 32.2. The quantitative estimate of drug-likeness (QED) is 0.0379. The molecular formula is C42H79N4O8P. The van der Waals surface area contributed by atoms with E-state index in [1.807, 2.05) is 33.3 Å². The molecule has 0 heterocycles. The summed E-state index contributed by atoms with van der Waals surface area (Å²) in [5.74, 6) is -1.45. The Hall–Kier alpha value is -1.89. The highest BCUT2D eigenvalue weighted by Gasteiger charge is 2.28. The number of ether oxygens (including phenoxy) is 1. The van der Waals surface area contributed by atoms with Crippen LogP contribution in [-0.2, 0) is 34.4 Å². The number of quaternary nitrogens is 1. The zero-order valence-electron chi connectivity index (χ0n) is 35.6. The summed E-state index contributed by atoms with van der Waals surface area (Å²) in [5, 5.41) is 20.3. The molecule has 0 amide bonds. The summed E-state index contributed by atoms with van der Waals surface area (Å²) in [4.78, 5) is 29.8. The first-order chi connectivity index (χ1) is 26.2. The third kappa shape index (κ3) is 29.1. The van der Waals surface area contributed by atoms with Gasteiger partial charge in [-0.2, -0.15) is 0 Å². The van der Waals surface area contributed by atoms with Crippen LogP contribution in [0.25, 0.3) is 0 Å². The smallest absolute Gasteiger partial charge is 0.361 e. The second-order valence-electron chi connectivity index (χ2n) is 16.4. The highest BCUT2D eigenvalue weighted by Crippen LogP contribution is 2.47. The van der Waals surface area contributed by atoms with Crippen molar-refractivity contribution in [2.75, 3.05) is 115 Å². The predicted octanol–water partition coefficient (Wildman–Crippen LogP) is 5.81. The van der Waals surface area contributed by atoms with Gasteiger partial charge in [-0.25, -0.2) is 0 Å². The normalized spacial score (nSPS) is 13.2. The predicted molar refractivity (Wildman–Crippen MR) is 222 cm³/mol. The summed E-state index contributed by atoms with van der Waals surface area (Å²) in [6.07, 6.45) is 19.6. The van der Waals surface area contributed by atoms with Crippen molar-refractivity contribution in [1.29, 1.82) is 0 Å². The Bertz CT molecular complexity index is 1170. The lowest BCUT2D eigenvalue weighted by atomic mass is 10.0. The van der Waals surface area contributed by atoms with E-state index in [0.29, 0.717) is 49.1 Å². The van der Waals surface area contributed by atoms with Gasteiger partial charge in [0.1, 0.15) is 13.2 Å². The molecule has 0 aliphatic carbocycles. The molecule has 0 aliphatic heterocycles. The highest BCUT2D eigenvalue weighted by molar-refractivity contribution is 7.62. The molecule has 1 N–H and O–H groups in total. The maximum Gasteiger partial charge on any atom is 0.361 e. The number of carboxylic acids is 1. The van der Waals surface area contributed by atoms with Crippen molar-refractivity contribution in [3.05, 3.63) is 29.8 Å². The van der Waals surface area contributed by atoms with E-state index in [2.05, 4.69) is 30.9 Å². The van der Waals surface area contributed by atoms with Gasteiger partial charge < -0.3 is 33.8 Å². The molecule has 0 saturated carbocycles. The number of carbonyl (C=O) groups excluding carboxylic acids is 1. The van der Waals surface area contributed by atoms with Crippen LogP contribution in [0.2, 0.25) is 0 Å². The van der Waals surface area contributed by atoms with Crippen molar-refractivity contribution >= 4 is 24.8 Å². The zero-order valence-corrected chi connectivity index (χ0v) is 36.5. The average Bonchev–Trinajstić information content (AvgIpc) is 3.12. The van der Waals surface area contributed by atoms with Crippen molar-refractivity contribution in [3.63, 3.8) is 0 Å². The molecule has 0 aliphatic rings. The molecule has 1 unspecified atom stereocenters. The first kappa shape index (κ1) is 51.1. The first-order valence-corrected chi connectivity index (χ1v) is 22.6. The van der Waals surface area contributed by atoms with Gasteiger partial charge in [-0.1, -0.05) is 108 Å². The van der Waals surface area contributed by atoms with Crippen LogP contribution < -0.4 is 10.4 Å². The number of aliphatic carboxylic acids is 1. The standard InChI is InChI=1S/C42H79N4O8P/c1-43(2)28-29-44(3)30-31-45(37-41(48)49)38-42(50)52-35-27-39-23-25-40(26-24-39)55(51,54-36-32-46(4,5)6)53-34-22-20-18-16-14-12-10-8-7-9-11-13-15-17-19-21-33-47/h23-26H,7-22,27-38H2,1-6H3,(H,48,49). The second-order valence-corrected chi connectivity index (χ2v) is 18.4. The lowest BCUT2D eigenvalue weighted by Gasteiger charge is -2.25. The fourth-order valence-corrected chi connectivity index (χ4v) is 7.62. The molecule has 55 heavy (non-hydrogen) atoms. The molecule has 1 atom stereocenters. The van der Waals surface area contributed by atoms with Crippen LogP contribution in [0.15, 0.2) is 24.3 Å². The molecule has 0 spiro atoms. The van der Waals surface area contributed by atoms with E-state index in [-0.39, 0.29) is 26.3 Å². The number of benzene rings is 1. The van der Waals surface area contributed by atoms with E-state index in [1.54, 1.807) is 17.0 Å². The van der Waals surface area contributed by atoms with Gasteiger partial charge in [-0.15, -0.1) is 6.61 Å².